The van der Waals surface area contributed by atoms with Crippen molar-refractivity contribution >= 4 is 0 Å². The van der Waals surface area contributed by atoms with Crippen LogP contribution in [0.3, 0.4) is 0 Å². The van der Waals surface area contributed by atoms with Gasteiger partial charge in [0.25, 0.3) is 0 Å². The fourth-order valence-corrected chi connectivity index (χ4v) is 10.8. The molecule has 0 bridgehead atoms. The van der Waals surface area contributed by atoms with E-state index in [1.165, 1.54) is 70.6 Å². The van der Waals surface area contributed by atoms with Crippen molar-refractivity contribution < 1.29 is 0 Å². The summed E-state index contributed by atoms with van der Waals surface area (Å²) in [7, 11) is 0. The number of hydrogen-bond acceptors (Lipinski definition) is 0. The molecular formula is C34H66. The highest BCUT2D eigenvalue weighted by molar-refractivity contribution is 5.17. The Kier molecular flexibility index (Phi) is 11.1. The van der Waals surface area contributed by atoms with Crippen LogP contribution >= 0.6 is 0 Å². The van der Waals surface area contributed by atoms with Crippen LogP contribution in [0.1, 0.15) is 148 Å². The van der Waals surface area contributed by atoms with E-state index in [2.05, 4.69) is 41.2 Å². The van der Waals surface area contributed by atoms with Gasteiger partial charge in [0.1, 0.15) is 0 Å². The van der Waals surface area contributed by atoms with E-state index in [-0.39, 0.29) is 14.9 Å². The predicted molar refractivity (Wildman–Crippen MR) is 156 cm³/mol. The third-order valence-electron chi connectivity index (χ3n) is 12.1. The Hall–Kier alpha value is -0.260. The first-order valence-corrected chi connectivity index (χ1v) is 14.9. The van der Waals surface area contributed by atoms with Crippen LogP contribution in [0.15, 0.2) is 12.2 Å². The molecule has 10 unspecified atom stereocenters. The summed E-state index contributed by atoms with van der Waals surface area (Å²) in [4.78, 5) is 0. The van der Waals surface area contributed by atoms with Gasteiger partial charge in [0.2, 0.25) is 0 Å². The van der Waals surface area contributed by atoms with E-state index < -0.39 is 0 Å². The highest BCUT2D eigenvalue weighted by Crippen LogP contribution is 2.71. The first-order valence-electron chi connectivity index (χ1n) is 14.9. The molecule has 202 valence electrons. The Balaban J connectivity index is 0.000000917. The van der Waals surface area contributed by atoms with Gasteiger partial charge >= 0.3 is 0 Å². The Morgan fingerprint density at radius 2 is 1.29 bits per heavy atom. The summed E-state index contributed by atoms with van der Waals surface area (Å²) >= 11 is 0. The predicted octanol–water partition coefficient (Wildman–Crippen LogP) is 11.6. The molecule has 5 fully saturated rings. The molecule has 34 heavy (non-hydrogen) atoms. The zero-order valence-corrected chi connectivity index (χ0v) is 23.5. The normalized spacial score (nSPS) is 48.9. The van der Waals surface area contributed by atoms with E-state index in [0.29, 0.717) is 16.2 Å². The molecule has 0 saturated heterocycles. The third kappa shape index (κ3) is 4.72. The maximum Gasteiger partial charge on any atom is -0.0198 e. The summed E-state index contributed by atoms with van der Waals surface area (Å²) in [6.45, 7) is 25.8. The van der Waals surface area contributed by atoms with Crippen molar-refractivity contribution in [2.24, 2.45) is 57.7 Å². The van der Waals surface area contributed by atoms with Crippen LogP contribution in [0.25, 0.3) is 0 Å². The summed E-state index contributed by atoms with van der Waals surface area (Å²) in [5.74, 6) is 6.62. The lowest BCUT2D eigenvalue weighted by atomic mass is 9.36. The second kappa shape index (κ2) is 11.9. The molecule has 0 heterocycles. The molecule has 5 aliphatic carbocycles. The van der Waals surface area contributed by atoms with Crippen LogP contribution in [0.5, 0.6) is 0 Å². The number of hydrogen-bond donors (Lipinski definition) is 0. The van der Waals surface area contributed by atoms with Crippen molar-refractivity contribution in [3.05, 3.63) is 12.2 Å². The maximum absolute atomic E-state index is 4.53. The zero-order chi connectivity index (χ0) is 23.9. The SMILES string of the molecule is C.C.C=C1CCC2(C)CCC3C(CCC4C5(C)CCCC(C)C5CCC34C)C2C1C.CC.CC. The molecule has 5 aliphatic rings. The van der Waals surface area contributed by atoms with Gasteiger partial charge in [-0.3, -0.25) is 0 Å². The topological polar surface area (TPSA) is 0 Å². The average Bonchev–Trinajstić information content (AvgIpc) is 2.78. The molecule has 0 aromatic heterocycles. The minimum Gasteiger partial charge on any atom is -0.0996 e. The Morgan fingerprint density at radius 1 is 0.706 bits per heavy atom. The van der Waals surface area contributed by atoms with Gasteiger partial charge in [0.15, 0.2) is 0 Å². The third-order valence-corrected chi connectivity index (χ3v) is 12.1. The van der Waals surface area contributed by atoms with Crippen molar-refractivity contribution in [1.82, 2.24) is 0 Å². The summed E-state index contributed by atoms with van der Waals surface area (Å²) in [5, 5.41) is 0. The van der Waals surface area contributed by atoms with Gasteiger partial charge in [-0.2, -0.15) is 0 Å². The lowest BCUT2D eigenvalue weighted by molar-refractivity contribution is -0.191. The number of fused-ring (bicyclic) bond motifs is 7. The Bertz CT molecular complexity index is 646. The highest BCUT2D eigenvalue weighted by Gasteiger charge is 2.63. The van der Waals surface area contributed by atoms with Crippen molar-refractivity contribution in [3.8, 4) is 0 Å². The van der Waals surface area contributed by atoms with Crippen LogP contribution in [0.4, 0.5) is 0 Å². The minimum absolute atomic E-state index is 0. The highest BCUT2D eigenvalue weighted by atomic mass is 14.7. The van der Waals surface area contributed by atoms with Gasteiger partial charge in [0.05, 0.1) is 0 Å². The first-order chi connectivity index (χ1) is 15.2. The lowest BCUT2D eigenvalue weighted by Crippen LogP contribution is -2.61. The average molecular weight is 475 g/mol. The smallest absolute Gasteiger partial charge is 0.0198 e. The maximum atomic E-state index is 4.53. The van der Waals surface area contributed by atoms with Crippen LogP contribution in [-0.2, 0) is 0 Å². The van der Waals surface area contributed by atoms with E-state index in [0.717, 1.165) is 41.4 Å². The van der Waals surface area contributed by atoms with Crippen molar-refractivity contribution in [2.45, 2.75) is 148 Å². The summed E-state index contributed by atoms with van der Waals surface area (Å²) in [5.41, 5.74) is 3.43. The molecule has 0 radical (unpaired) electrons. The molecule has 0 nitrogen and oxygen atoms in total. The van der Waals surface area contributed by atoms with Crippen LogP contribution in [0, 0.1) is 57.7 Å². The number of allylic oxidation sites excluding steroid dienone is 1. The Morgan fingerprint density at radius 3 is 1.94 bits per heavy atom. The zero-order valence-electron chi connectivity index (χ0n) is 23.5. The quantitative estimate of drug-likeness (QED) is 0.306. The van der Waals surface area contributed by atoms with Crippen LogP contribution in [-0.4, -0.2) is 0 Å². The van der Waals surface area contributed by atoms with Crippen molar-refractivity contribution in [2.75, 3.05) is 0 Å². The molecule has 10 atom stereocenters. The Labute approximate surface area is 217 Å². The lowest BCUT2D eigenvalue weighted by Gasteiger charge is -2.68. The fourth-order valence-electron chi connectivity index (χ4n) is 10.8. The molecular weight excluding hydrogens is 408 g/mol. The van der Waals surface area contributed by atoms with Gasteiger partial charge in [-0.25, -0.2) is 0 Å². The van der Waals surface area contributed by atoms with Gasteiger partial charge < -0.3 is 0 Å². The molecule has 0 aliphatic heterocycles. The van der Waals surface area contributed by atoms with Crippen LogP contribution in [0.2, 0.25) is 0 Å². The van der Waals surface area contributed by atoms with Gasteiger partial charge in [0, 0.05) is 0 Å². The van der Waals surface area contributed by atoms with E-state index in [4.69, 9.17) is 0 Å². The van der Waals surface area contributed by atoms with Crippen molar-refractivity contribution in [1.29, 1.82) is 0 Å². The van der Waals surface area contributed by atoms with Crippen molar-refractivity contribution in [3.63, 3.8) is 0 Å². The van der Waals surface area contributed by atoms with Gasteiger partial charge in [-0.05, 0) is 115 Å². The molecule has 5 saturated carbocycles. The minimum atomic E-state index is 0. The first kappa shape index (κ1) is 31.8. The standard InChI is InChI=1S/C28H46.2C2H6.2CH4/c1-18-11-15-26(4)16-12-23-21(25(26)20(18)3)9-10-24-27(5)14-7-8-19(2)22(27)13-17-28(23,24)6;2*1-2;;/h19-25H,1,7-17H2,2-6H3;2*1-2H3;2*1H4. The monoisotopic (exact) mass is 475 g/mol. The van der Waals surface area contributed by atoms with Crippen LogP contribution < -0.4 is 0 Å². The molecule has 0 heteroatoms. The molecule has 0 aromatic carbocycles. The second-order valence-corrected chi connectivity index (χ2v) is 13.1. The number of rotatable bonds is 0. The molecule has 5 rings (SSSR count). The van der Waals surface area contributed by atoms with E-state index in [9.17, 15) is 0 Å². The summed E-state index contributed by atoms with van der Waals surface area (Å²) in [6, 6.07) is 0. The summed E-state index contributed by atoms with van der Waals surface area (Å²) in [6.07, 6.45) is 16.4. The van der Waals surface area contributed by atoms with E-state index in [1.807, 2.05) is 27.7 Å². The molecule has 0 N–H and O–H groups in total. The van der Waals surface area contributed by atoms with Gasteiger partial charge in [-0.1, -0.05) is 102 Å². The fraction of sp³-hybridized carbons (Fsp3) is 0.941. The molecule has 0 aromatic rings. The largest absolute Gasteiger partial charge is 0.0996 e. The second-order valence-electron chi connectivity index (χ2n) is 13.1. The van der Waals surface area contributed by atoms with Gasteiger partial charge in [-0.15, -0.1) is 0 Å². The summed E-state index contributed by atoms with van der Waals surface area (Å²) < 4.78 is 0. The molecule has 0 spiro atoms. The van der Waals surface area contributed by atoms with E-state index >= 15 is 0 Å². The van der Waals surface area contributed by atoms with E-state index in [1.54, 1.807) is 5.57 Å². The molecule has 0 amide bonds.